The van der Waals surface area contributed by atoms with Gasteiger partial charge in [-0.05, 0) is 0 Å². The third-order valence-corrected chi connectivity index (χ3v) is 1.99. The van der Waals surface area contributed by atoms with Crippen molar-refractivity contribution in [3.63, 3.8) is 0 Å². The maximum atomic E-state index is 12.2. The fourth-order valence-corrected chi connectivity index (χ4v) is 1.14. The van der Waals surface area contributed by atoms with Gasteiger partial charge in [-0.25, -0.2) is 4.98 Å². The molecule has 0 bridgehead atoms. The lowest BCUT2D eigenvalue weighted by molar-refractivity contribution is -0.206. The maximum absolute atomic E-state index is 12.2. The molecule has 0 saturated heterocycles. The first kappa shape index (κ1) is 12.1. The summed E-state index contributed by atoms with van der Waals surface area (Å²) in [6.07, 6.45) is -6.41. The molecule has 3 nitrogen and oxygen atoms in total. The first-order valence-electron chi connectivity index (χ1n) is 3.80. The molecule has 1 aromatic heterocycles. The van der Waals surface area contributed by atoms with Crippen molar-refractivity contribution in [1.82, 2.24) is 4.98 Å². The van der Waals surface area contributed by atoms with Crippen molar-refractivity contribution < 1.29 is 23.0 Å². The Labute approximate surface area is 88.5 Å². The molecule has 1 aromatic rings. The Morgan fingerprint density at radius 1 is 1.53 bits per heavy atom. The summed E-state index contributed by atoms with van der Waals surface area (Å²) in [6.45, 7) is 0. The molecule has 0 radical (unpaired) electrons. The number of pyridine rings is 1. The smallest absolute Gasteiger partial charge is 0.418 e. The zero-order valence-corrected chi connectivity index (χ0v) is 8.30. The quantitative estimate of drug-likeness (QED) is 0.864. The van der Waals surface area contributed by atoms with Crippen LogP contribution in [0.2, 0.25) is 5.02 Å². The third kappa shape index (κ3) is 2.73. The van der Waals surface area contributed by atoms with Crippen LogP contribution in [0.4, 0.5) is 13.2 Å². The van der Waals surface area contributed by atoms with E-state index in [-0.39, 0.29) is 10.9 Å². The van der Waals surface area contributed by atoms with Gasteiger partial charge in [-0.3, -0.25) is 0 Å². The fraction of sp³-hybridized carbons (Fsp3) is 0.375. The van der Waals surface area contributed by atoms with Gasteiger partial charge in [-0.2, -0.15) is 13.2 Å². The number of ether oxygens (including phenoxy) is 1. The van der Waals surface area contributed by atoms with E-state index in [1.807, 2.05) is 0 Å². The van der Waals surface area contributed by atoms with Crippen LogP contribution in [0.1, 0.15) is 11.7 Å². The van der Waals surface area contributed by atoms with E-state index in [9.17, 15) is 13.2 Å². The average molecular weight is 242 g/mol. The van der Waals surface area contributed by atoms with Gasteiger partial charge in [-0.1, -0.05) is 11.6 Å². The van der Waals surface area contributed by atoms with E-state index >= 15 is 0 Å². The molecule has 0 aromatic carbocycles. The molecule has 84 valence electrons. The normalized spacial score (nSPS) is 13.7. The molecule has 0 aliphatic rings. The van der Waals surface area contributed by atoms with Gasteiger partial charge in [0.1, 0.15) is 0 Å². The monoisotopic (exact) mass is 241 g/mol. The van der Waals surface area contributed by atoms with Gasteiger partial charge in [0.15, 0.2) is 6.10 Å². The minimum absolute atomic E-state index is 0.0438. The Morgan fingerprint density at radius 3 is 2.60 bits per heavy atom. The highest BCUT2D eigenvalue weighted by atomic mass is 35.5. The van der Waals surface area contributed by atoms with Crippen LogP contribution in [0.3, 0.4) is 0 Å². The number of halogens is 4. The molecule has 0 fully saturated rings. The zero-order chi connectivity index (χ0) is 11.6. The minimum Gasteiger partial charge on any atom is -0.481 e. The van der Waals surface area contributed by atoms with Crippen molar-refractivity contribution >= 4 is 11.6 Å². The lowest BCUT2D eigenvalue weighted by Gasteiger charge is -2.16. The first-order chi connectivity index (χ1) is 6.86. The van der Waals surface area contributed by atoms with Gasteiger partial charge in [-0.15, -0.1) is 0 Å². The molecule has 1 atom stereocenters. The van der Waals surface area contributed by atoms with Crippen LogP contribution in [0, 0.1) is 0 Å². The number of nitrogens with zero attached hydrogens (tertiary/aromatic N) is 1. The van der Waals surface area contributed by atoms with Crippen LogP contribution in [0.5, 0.6) is 5.88 Å². The average Bonchev–Trinajstić information content (AvgIpc) is 2.16. The van der Waals surface area contributed by atoms with E-state index in [2.05, 4.69) is 9.72 Å². The number of aliphatic hydroxyl groups is 1. The van der Waals surface area contributed by atoms with Crippen molar-refractivity contribution in [1.29, 1.82) is 0 Å². The van der Waals surface area contributed by atoms with Gasteiger partial charge in [0.25, 0.3) is 0 Å². The molecule has 0 saturated carbocycles. The summed E-state index contributed by atoms with van der Waals surface area (Å²) in [5.41, 5.74) is -0.476. The molecule has 0 spiro atoms. The van der Waals surface area contributed by atoms with Crippen LogP contribution in [0.15, 0.2) is 12.3 Å². The number of hydrogen-bond donors (Lipinski definition) is 1. The van der Waals surface area contributed by atoms with E-state index in [0.717, 1.165) is 12.3 Å². The molecule has 0 aliphatic heterocycles. The van der Waals surface area contributed by atoms with E-state index in [1.54, 1.807) is 0 Å². The summed E-state index contributed by atoms with van der Waals surface area (Å²) in [5, 5.41) is 8.70. The van der Waals surface area contributed by atoms with E-state index in [0.29, 0.717) is 0 Å². The van der Waals surface area contributed by atoms with Gasteiger partial charge < -0.3 is 9.84 Å². The van der Waals surface area contributed by atoms with E-state index in [1.165, 1.54) is 7.11 Å². The Kier molecular flexibility index (Phi) is 3.41. The van der Waals surface area contributed by atoms with Gasteiger partial charge in [0, 0.05) is 17.8 Å². The molecule has 0 amide bonds. The molecular formula is C8H7ClF3NO2. The Morgan fingerprint density at radius 2 is 2.13 bits per heavy atom. The number of aromatic nitrogens is 1. The molecule has 1 N–H and O–H groups in total. The number of hydrogen-bond acceptors (Lipinski definition) is 3. The lowest BCUT2D eigenvalue weighted by Crippen LogP contribution is -2.20. The summed E-state index contributed by atoms with van der Waals surface area (Å²) < 4.78 is 41.2. The largest absolute Gasteiger partial charge is 0.481 e. The maximum Gasteiger partial charge on any atom is 0.418 e. The molecule has 0 aliphatic carbocycles. The third-order valence-electron chi connectivity index (χ3n) is 1.67. The number of rotatable bonds is 2. The number of alkyl halides is 3. The van der Waals surface area contributed by atoms with Crippen LogP contribution in [0.25, 0.3) is 0 Å². The second kappa shape index (κ2) is 4.24. The van der Waals surface area contributed by atoms with Crippen molar-refractivity contribution in [2.75, 3.05) is 7.11 Å². The Balaban J connectivity index is 3.12. The molecular weight excluding hydrogens is 235 g/mol. The standard InChI is InChI=1S/C8H7ClF3NO2/c1-15-6-2-4(5(9)3-13-6)7(14)8(10,11)12/h2-3,7,14H,1H3/t7-/m0/s1. The summed E-state index contributed by atoms with van der Waals surface area (Å²) in [5.74, 6) is -0.0438. The van der Waals surface area contributed by atoms with Crippen LogP contribution in [-0.4, -0.2) is 23.4 Å². The van der Waals surface area contributed by atoms with Crippen LogP contribution >= 0.6 is 11.6 Å². The first-order valence-corrected chi connectivity index (χ1v) is 4.18. The number of aliphatic hydroxyl groups excluding tert-OH is 1. The van der Waals surface area contributed by atoms with Gasteiger partial charge in [0.2, 0.25) is 5.88 Å². The topological polar surface area (TPSA) is 42.4 Å². The second-order valence-electron chi connectivity index (χ2n) is 2.69. The van der Waals surface area contributed by atoms with Crippen LogP contribution in [-0.2, 0) is 0 Å². The highest BCUT2D eigenvalue weighted by molar-refractivity contribution is 6.31. The molecule has 0 unspecified atom stereocenters. The van der Waals surface area contributed by atoms with Crippen molar-refractivity contribution in [2.45, 2.75) is 12.3 Å². The SMILES string of the molecule is COc1cc([C@H](O)C(F)(F)F)c(Cl)cn1. The van der Waals surface area contributed by atoms with Crippen molar-refractivity contribution in [3.05, 3.63) is 22.8 Å². The summed E-state index contributed by atoms with van der Waals surface area (Å²) in [7, 11) is 1.25. The van der Waals surface area contributed by atoms with E-state index < -0.39 is 17.8 Å². The Hall–Kier alpha value is -1.01. The summed E-state index contributed by atoms with van der Waals surface area (Å²) in [4.78, 5) is 3.59. The molecule has 7 heteroatoms. The van der Waals surface area contributed by atoms with Crippen molar-refractivity contribution in [3.8, 4) is 5.88 Å². The second-order valence-corrected chi connectivity index (χ2v) is 3.10. The molecule has 1 heterocycles. The van der Waals surface area contributed by atoms with Crippen LogP contribution < -0.4 is 4.74 Å². The van der Waals surface area contributed by atoms with Crippen molar-refractivity contribution in [2.24, 2.45) is 0 Å². The summed E-state index contributed by atoms with van der Waals surface area (Å²) in [6, 6.07) is 0.945. The van der Waals surface area contributed by atoms with Gasteiger partial charge >= 0.3 is 6.18 Å². The molecule has 15 heavy (non-hydrogen) atoms. The fourth-order valence-electron chi connectivity index (χ4n) is 0.932. The highest BCUT2D eigenvalue weighted by Gasteiger charge is 2.40. The number of methoxy groups -OCH3 is 1. The van der Waals surface area contributed by atoms with Gasteiger partial charge in [0.05, 0.1) is 12.1 Å². The summed E-state index contributed by atoms with van der Waals surface area (Å²) >= 11 is 5.48. The minimum atomic E-state index is -4.77. The predicted molar refractivity (Wildman–Crippen MR) is 46.8 cm³/mol. The highest BCUT2D eigenvalue weighted by Crippen LogP contribution is 2.36. The van der Waals surface area contributed by atoms with E-state index in [4.69, 9.17) is 16.7 Å². The molecule has 1 rings (SSSR count). The Bertz CT molecular complexity index is 356. The lowest BCUT2D eigenvalue weighted by atomic mass is 10.1. The predicted octanol–water partition coefficient (Wildman–Crippen LogP) is 2.34. The zero-order valence-electron chi connectivity index (χ0n) is 7.55.